The number of nitriles is 1. The molecule has 0 fully saturated rings. The van der Waals surface area contributed by atoms with E-state index >= 15 is 0 Å². The molecule has 1 aromatic carbocycles. The zero-order chi connectivity index (χ0) is 15.5. The quantitative estimate of drug-likeness (QED) is 0.710. The number of aromatic amines is 1. The molecule has 0 spiro atoms. The molecular weight excluding hydrogens is 272 g/mol. The molecule has 0 saturated carbocycles. The van der Waals surface area contributed by atoms with E-state index in [9.17, 15) is 0 Å². The first-order valence-electron chi connectivity index (χ1n) is 7.51. The van der Waals surface area contributed by atoms with Crippen LogP contribution in [0.1, 0.15) is 22.5 Å². The molecule has 0 amide bonds. The second-order valence-corrected chi connectivity index (χ2v) is 5.60. The molecule has 0 aliphatic carbocycles. The third-order valence-corrected chi connectivity index (χ3v) is 4.32. The molecule has 0 saturated heterocycles. The van der Waals surface area contributed by atoms with E-state index in [1.807, 2.05) is 23.7 Å². The lowest BCUT2D eigenvalue weighted by molar-refractivity contribution is 0.683. The SMILES string of the molecule is Cc1c(CNCCc2c[nH]c3ccccc23)cc(C#N)n1C. The molecule has 3 aromatic rings. The second kappa shape index (κ2) is 6.08. The summed E-state index contributed by atoms with van der Waals surface area (Å²) in [6.45, 7) is 3.76. The molecule has 4 heteroatoms. The molecule has 0 atom stereocenters. The van der Waals surface area contributed by atoms with Gasteiger partial charge in [-0.15, -0.1) is 0 Å². The van der Waals surface area contributed by atoms with Crippen molar-refractivity contribution >= 4 is 10.9 Å². The normalized spacial score (nSPS) is 11.0. The van der Waals surface area contributed by atoms with Crippen molar-refractivity contribution in [1.82, 2.24) is 14.9 Å². The third kappa shape index (κ3) is 2.63. The number of rotatable bonds is 5. The molecule has 2 heterocycles. The number of fused-ring (bicyclic) bond motifs is 1. The van der Waals surface area contributed by atoms with Gasteiger partial charge in [0.1, 0.15) is 11.8 Å². The average molecular weight is 292 g/mol. The summed E-state index contributed by atoms with van der Waals surface area (Å²) in [5.74, 6) is 0. The largest absolute Gasteiger partial charge is 0.361 e. The Morgan fingerprint density at radius 2 is 2.09 bits per heavy atom. The molecule has 2 N–H and O–H groups in total. The summed E-state index contributed by atoms with van der Waals surface area (Å²) >= 11 is 0. The molecule has 2 aromatic heterocycles. The number of aromatic nitrogens is 2. The van der Waals surface area contributed by atoms with Gasteiger partial charge in [-0.25, -0.2) is 0 Å². The predicted molar refractivity (Wildman–Crippen MR) is 88.6 cm³/mol. The molecule has 0 aliphatic rings. The average Bonchev–Trinajstić information content (AvgIpc) is 3.07. The van der Waals surface area contributed by atoms with Gasteiger partial charge in [-0.1, -0.05) is 18.2 Å². The van der Waals surface area contributed by atoms with Crippen molar-refractivity contribution in [2.45, 2.75) is 19.9 Å². The Morgan fingerprint density at radius 1 is 1.27 bits per heavy atom. The summed E-state index contributed by atoms with van der Waals surface area (Å²) in [5.41, 5.74) is 5.58. The van der Waals surface area contributed by atoms with Gasteiger partial charge in [-0.05, 0) is 43.1 Å². The predicted octanol–water partition coefficient (Wildman–Crippen LogP) is 3.02. The molecule has 0 unspecified atom stereocenters. The summed E-state index contributed by atoms with van der Waals surface area (Å²) < 4.78 is 1.94. The van der Waals surface area contributed by atoms with Crippen LogP contribution in [0, 0.1) is 18.3 Å². The molecule has 0 aliphatic heterocycles. The Kier molecular flexibility index (Phi) is 3.99. The van der Waals surface area contributed by atoms with E-state index in [2.05, 4.69) is 47.7 Å². The fraction of sp³-hybridized carbons (Fsp3) is 0.278. The van der Waals surface area contributed by atoms with Crippen LogP contribution in [-0.2, 0) is 20.0 Å². The zero-order valence-electron chi connectivity index (χ0n) is 13.0. The number of nitrogens with zero attached hydrogens (tertiary/aromatic N) is 2. The minimum absolute atomic E-state index is 0.714. The monoisotopic (exact) mass is 292 g/mol. The maximum atomic E-state index is 9.06. The van der Waals surface area contributed by atoms with Crippen molar-refractivity contribution in [3.63, 3.8) is 0 Å². The summed E-state index contributed by atoms with van der Waals surface area (Å²) in [7, 11) is 1.93. The van der Waals surface area contributed by atoms with Crippen molar-refractivity contribution < 1.29 is 0 Å². The number of hydrogen-bond acceptors (Lipinski definition) is 2. The summed E-state index contributed by atoms with van der Waals surface area (Å²) in [5, 5.41) is 13.8. The van der Waals surface area contributed by atoms with Gasteiger partial charge >= 0.3 is 0 Å². The Hall–Kier alpha value is -2.51. The minimum atomic E-state index is 0.714. The third-order valence-electron chi connectivity index (χ3n) is 4.32. The van der Waals surface area contributed by atoms with E-state index in [1.165, 1.54) is 22.0 Å². The van der Waals surface area contributed by atoms with Crippen LogP contribution in [0.4, 0.5) is 0 Å². The number of nitrogens with one attached hydrogen (secondary N) is 2. The molecule has 112 valence electrons. The van der Waals surface area contributed by atoms with Gasteiger partial charge in [-0.2, -0.15) is 5.26 Å². The molecule has 0 radical (unpaired) electrons. The van der Waals surface area contributed by atoms with E-state index in [4.69, 9.17) is 5.26 Å². The van der Waals surface area contributed by atoms with Crippen LogP contribution in [-0.4, -0.2) is 16.1 Å². The zero-order valence-corrected chi connectivity index (χ0v) is 13.0. The highest BCUT2D eigenvalue weighted by Gasteiger charge is 2.08. The van der Waals surface area contributed by atoms with Gasteiger partial charge < -0.3 is 14.9 Å². The van der Waals surface area contributed by atoms with Gasteiger partial charge in [0.15, 0.2) is 0 Å². The van der Waals surface area contributed by atoms with Gasteiger partial charge in [0.25, 0.3) is 0 Å². The van der Waals surface area contributed by atoms with Gasteiger partial charge in [-0.3, -0.25) is 0 Å². The lowest BCUT2D eigenvalue weighted by Crippen LogP contribution is -2.17. The highest BCUT2D eigenvalue weighted by atomic mass is 15.0. The van der Waals surface area contributed by atoms with E-state index in [-0.39, 0.29) is 0 Å². The van der Waals surface area contributed by atoms with Crippen LogP contribution in [0.25, 0.3) is 10.9 Å². The van der Waals surface area contributed by atoms with Crippen molar-refractivity contribution in [2.24, 2.45) is 7.05 Å². The molecule has 22 heavy (non-hydrogen) atoms. The number of H-pyrrole nitrogens is 1. The van der Waals surface area contributed by atoms with Crippen LogP contribution in [0.2, 0.25) is 0 Å². The van der Waals surface area contributed by atoms with Gasteiger partial charge in [0, 0.05) is 36.4 Å². The molecule has 3 rings (SSSR count). The Balaban J connectivity index is 1.59. The van der Waals surface area contributed by atoms with Gasteiger partial charge in [0.2, 0.25) is 0 Å². The van der Waals surface area contributed by atoms with Crippen LogP contribution < -0.4 is 5.32 Å². The first-order chi connectivity index (χ1) is 10.7. The molecule has 0 bridgehead atoms. The van der Waals surface area contributed by atoms with E-state index in [1.54, 1.807) is 0 Å². The van der Waals surface area contributed by atoms with Gasteiger partial charge in [0.05, 0.1) is 0 Å². The maximum absolute atomic E-state index is 9.06. The summed E-state index contributed by atoms with van der Waals surface area (Å²) in [6, 6.07) is 12.6. The maximum Gasteiger partial charge on any atom is 0.120 e. The van der Waals surface area contributed by atoms with Crippen LogP contribution in [0.3, 0.4) is 0 Å². The smallest absolute Gasteiger partial charge is 0.120 e. The first-order valence-corrected chi connectivity index (χ1v) is 7.51. The standard InChI is InChI=1S/C18H20N4/c1-13-15(9-16(10-19)22(13)2)11-20-8-7-14-12-21-18-6-4-3-5-17(14)18/h3-6,9,12,20-21H,7-8,11H2,1-2H3. The highest BCUT2D eigenvalue weighted by molar-refractivity contribution is 5.83. The lowest BCUT2D eigenvalue weighted by atomic mass is 10.1. The summed E-state index contributed by atoms with van der Waals surface area (Å²) in [4.78, 5) is 3.31. The minimum Gasteiger partial charge on any atom is -0.361 e. The Morgan fingerprint density at radius 3 is 2.86 bits per heavy atom. The number of hydrogen-bond donors (Lipinski definition) is 2. The van der Waals surface area contributed by atoms with E-state index in [0.29, 0.717) is 5.69 Å². The fourth-order valence-electron chi connectivity index (χ4n) is 2.83. The Labute approximate surface area is 130 Å². The summed E-state index contributed by atoms with van der Waals surface area (Å²) in [6.07, 6.45) is 3.08. The second-order valence-electron chi connectivity index (χ2n) is 5.60. The van der Waals surface area contributed by atoms with Crippen LogP contribution in [0.5, 0.6) is 0 Å². The number of para-hydroxylation sites is 1. The fourth-order valence-corrected chi connectivity index (χ4v) is 2.83. The van der Waals surface area contributed by atoms with Crippen molar-refractivity contribution in [3.05, 3.63) is 59.0 Å². The first kappa shape index (κ1) is 14.4. The van der Waals surface area contributed by atoms with E-state index < -0.39 is 0 Å². The highest BCUT2D eigenvalue weighted by Crippen LogP contribution is 2.18. The van der Waals surface area contributed by atoms with Crippen molar-refractivity contribution in [1.29, 1.82) is 5.26 Å². The van der Waals surface area contributed by atoms with Crippen LogP contribution >= 0.6 is 0 Å². The number of benzene rings is 1. The Bertz CT molecular complexity index is 833. The van der Waals surface area contributed by atoms with Crippen molar-refractivity contribution in [3.8, 4) is 6.07 Å². The van der Waals surface area contributed by atoms with Crippen LogP contribution in [0.15, 0.2) is 36.5 Å². The topological polar surface area (TPSA) is 56.5 Å². The molecular formula is C18H20N4. The lowest BCUT2D eigenvalue weighted by Gasteiger charge is -2.05. The van der Waals surface area contributed by atoms with Crippen molar-refractivity contribution in [2.75, 3.05) is 6.54 Å². The van der Waals surface area contributed by atoms with E-state index in [0.717, 1.165) is 25.2 Å². The molecule has 4 nitrogen and oxygen atoms in total.